The van der Waals surface area contributed by atoms with Gasteiger partial charge in [0.25, 0.3) is 0 Å². The van der Waals surface area contributed by atoms with E-state index in [9.17, 15) is 14.9 Å². The number of hydrogen-bond acceptors (Lipinski definition) is 5. The number of hydrogen-bond donors (Lipinski definition) is 1. The van der Waals surface area contributed by atoms with Gasteiger partial charge in [0.05, 0.1) is 17.1 Å². The lowest BCUT2D eigenvalue weighted by Crippen LogP contribution is -2.04. The molecule has 0 atom stereocenters. The van der Waals surface area contributed by atoms with Gasteiger partial charge in [0.2, 0.25) is 0 Å². The van der Waals surface area contributed by atoms with Gasteiger partial charge in [-0.2, -0.15) is 0 Å². The van der Waals surface area contributed by atoms with Crippen LogP contribution in [0.1, 0.15) is 15.9 Å². The Hall–Kier alpha value is -2.44. The van der Waals surface area contributed by atoms with Gasteiger partial charge < -0.3 is 9.84 Å². The summed E-state index contributed by atoms with van der Waals surface area (Å²) in [5.74, 6) is -0.356. The molecule has 0 bridgehead atoms. The fourth-order valence-corrected chi connectivity index (χ4v) is 2.01. The first-order valence-corrected chi connectivity index (χ1v) is 6.48. The monoisotopic (exact) mass is 323 g/mol. The number of methoxy groups -OCH3 is 1. The third-order valence-electron chi connectivity index (χ3n) is 2.75. The second-order valence-electron chi connectivity index (χ2n) is 3.96. The number of ketones is 1. The summed E-state index contributed by atoms with van der Waals surface area (Å²) in [5, 5.41) is 18.1. The lowest BCUT2D eigenvalue weighted by molar-refractivity contribution is -0.385. The Labute approximate surface area is 132 Å². The van der Waals surface area contributed by atoms with E-state index in [4.69, 9.17) is 21.4 Å². The van der Waals surface area contributed by atoms with Crippen molar-refractivity contribution in [3.8, 4) is 5.75 Å². The third kappa shape index (κ3) is 3.81. The van der Waals surface area contributed by atoms with Gasteiger partial charge in [-0.3, -0.25) is 14.9 Å². The van der Waals surface area contributed by atoms with Crippen molar-refractivity contribution in [3.63, 3.8) is 0 Å². The maximum absolute atomic E-state index is 12.3. The van der Waals surface area contributed by atoms with Crippen LogP contribution < -0.4 is 4.74 Å². The zero-order valence-corrected chi connectivity index (χ0v) is 12.7. The Morgan fingerprint density at radius 3 is 2.32 bits per heavy atom. The van der Waals surface area contributed by atoms with Crippen LogP contribution in [-0.4, -0.2) is 30.0 Å². The molecule has 0 saturated carbocycles. The summed E-state index contributed by atoms with van der Waals surface area (Å²) in [6.07, 6.45) is 0. The number of aliphatic hydroxyl groups is 1. The number of ether oxygens (including phenoxy) is 1. The average molecular weight is 324 g/mol. The molecule has 0 radical (unpaired) electrons. The summed E-state index contributed by atoms with van der Waals surface area (Å²) in [5.41, 5.74) is 0.190. The van der Waals surface area contributed by atoms with E-state index in [0.717, 1.165) is 13.2 Å². The van der Waals surface area contributed by atoms with E-state index in [1.165, 1.54) is 13.2 Å². The van der Waals surface area contributed by atoms with Gasteiger partial charge in [-0.1, -0.05) is 41.9 Å². The molecule has 0 aliphatic heterocycles. The molecule has 0 amide bonds. The fraction of sp³-hybridized carbons (Fsp3) is 0.133. The predicted molar refractivity (Wildman–Crippen MR) is 82.7 cm³/mol. The first kappa shape index (κ1) is 17.6. The lowest BCUT2D eigenvalue weighted by Gasteiger charge is -2.07. The minimum absolute atomic E-state index is 0.0182. The molecule has 2 aromatic carbocycles. The van der Waals surface area contributed by atoms with Gasteiger partial charge in [-0.05, 0) is 0 Å². The summed E-state index contributed by atoms with van der Waals surface area (Å²) in [6, 6.07) is 10.8. The molecular weight excluding hydrogens is 310 g/mol. The SMILES string of the molecule is CO.COc1cc(Cl)c(C(=O)c2ccccc2)cc1[N+](=O)[O-]. The van der Waals surface area contributed by atoms with Crippen LogP contribution in [0.2, 0.25) is 5.02 Å². The molecule has 0 heterocycles. The smallest absolute Gasteiger partial charge is 0.311 e. The highest BCUT2D eigenvalue weighted by atomic mass is 35.5. The Balaban J connectivity index is 0.00000116. The van der Waals surface area contributed by atoms with Crippen molar-refractivity contribution in [1.29, 1.82) is 0 Å². The minimum Gasteiger partial charge on any atom is -0.490 e. The van der Waals surface area contributed by atoms with Gasteiger partial charge in [0, 0.05) is 30.4 Å². The van der Waals surface area contributed by atoms with Crippen LogP contribution in [0.5, 0.6) is 5.75 Å². The third-order valence-corrected chi connectivity index (χ3v) is 3.06. The first-order chi connectivity index (χ1) is 10.5. The number of nitro benzene ring substituents is 1. The quantitative estimate of drug-likeness (QED) is 0.530. The molecule has 0 fully saturated rings. The molecule has 0 spiro atoms. The van der Waals surface area contributed by atoms with E-state index in [0.29, 0.717) is 5.56 Å². The molecule has 0 saturated heterocycles. The zero-order valence-electron chi connectivity index (χ0n) is 11.9. The minimum atomic E-state index is -0.614. The zero-order chi connectivity index (χ0) is 16.7. The van der Waals surface area contributed by atoms with Gasteiger partial charge in [0.1, 0.15) is 0 Å². The number of rotatable bonds is 4. The maximum atomic E-state index is 12.3. The summed E-state index contributed by atoms with van der Waals surface area (Å²) in [6.45, 7) is 0. The number of nitro groups is 1. The van der Waals surface area contributed by atoms with Crippen LogP contribution in [0.4, 0.5) is 5.69 Å². The second-order valence-corrected chi connectivity index (χ2v) is 4.36. The summed E-state index contributed by atoms with van der Waals surface area (Å²) < 4.78 is 4.89. The van der Waals surface area contributed by atoms with Crippen molar-refractivity contribution < 1.29 is 19.6 Å². The largest absolute Gasteiger partial charge is 0.490 e. The molecule has 22 heavy (non-hydrogen) atoms. The van der Waals surface area contributed by atoms with Crippen LogP contribution in [0.15, 0.2) is 42.5 Å². The topological polar surface area (TPSA) is 89.7 Å². The molecule has 0 aromatic heterocycles. The van der Waals surface area contributed by atoms with Crippen molar-refractivity contribution in [2.45, 2.75) is 0 Å². The van der Waals surface area contributed by atoms with Crippen molar-refractivity contribution >= 4 is 23.1 Å². The van der Waals surface area contributed by atoms with Gasteiger partial charge in [-0.15, -0.1) is 0 Å². The highest BCUT2D eigenvalue weighted by molar-refractivity contribution is 6.35. The fourth-order valence-electron chi connectivity index (χ4n) is 1.77. The number of aliphatic hydroxyl groups excluding tert-OH is 1. The van der Waals surface area contributed by atoms with Crippen molar-refractivity contribution in [3.05, 3.63) is 68.7 Å². The Morgan fingerprint density at radius 1 is 1.23 bits per heavy atom. The molecule has 7 heteroatoms. The van der Waals surface area contributed by atoms with E-state index in [1.807, 2.05) is 0 Å². The predicted octanol–water partition coefficient (Wildman–Crippen LogP) is 3.10. The maximum Gasteiger partial charge on any atom is 0.311 e. The van der Waals surface area contributed by atoms with Crippen molar-refractivity contribution in [1.82, 2.24) is 0 Å². The van der Waals surface area contributed by atoms with E-state index in [1.54, 1.807) is 30.3 Å². The van der Waals surface area contributed by atoms with E-state index in [-0.39, 0.29) is 27.8 Å². The molecule has 6 nitrogen and oxygen atoms in total. The highest BCUT2D eigenvalue weighted by Gasteiger charge is 2.22. The molecule has 0 aliphatic carbocycles. The molecule has 0 unspecified atom stereocenters. The van der Waals surface area contributed by atoms with E-state index >= 15 is 0 Å². The summed E-state index contributed by atoms with van der Waals surface area (Å²) in [4.78, 5) is 22.7. The number of benzene rings is 2. The number of nitrogens with zero attached hydrogens (tertiary/aromatic N) is 1. The highest BCUT2D eigenvalue weighted by Crippen LogP contribution is 2.33. The van der Waals surface area contributed by atoms with E-state index < -0.39 is 4.92 Å². The van der Waals surface area contributed by atoms with Crippen LogP contribution in [0.25, 0.3) is 0 Å². The van der Waals surface area contributed by atoms with Crippen LogP contribution in [-0.2, 0) is 0 Å². The summed E-state index contributed by atoms with van der Waals surface area (Å²) in [7, 11) is 2.30. The molecule has 116 valence electrons. The molecule has 1 N–H and O–H groups in total. The number of carbonyl (C=O) groups excluding carboxylic acids is 1. The Morgan fingerprint density at radius 2 is 1.82 bits per heavy atom. The normalized spacial score (nSPS) is 9.45. The van der Waals surface area contributed by atoms with Crippen LogP contribution in [0.3, 0.4) is 0 Å². The standard InChI is InChI=1S/C14H10ClNO4.CH4O/c1-20-13-8-11(15)10(7-12(13)16(18)19)14(17)9-5-3-2-4-6-9;1-2/h2-8H,1H3;2H,1H3. The molecule has 2 aromatic rings. The number of halogens is 1. The van der Waals surface area contributed by atoms with Crippen molar-refractivity contribution in [2.24, 2.45) is 0 Å². The molecule has 2 rings (SSSR count). The Kier molecular flexibility index (Phi) is 6.49. The van der Waals surface area contributed by atoms with Gasteiger partial charge >= 0.3 is 5.69 Å². The molecule has 0 aliphatic rings. The first-order valence-electron chi connectivity index (χ1n) is 6.11. The van der Waals surface area contributed by atoms with E-state index in [2.05, 4.69) is 0 Å². The lowest BCUT2D eigenvalue weighted by atomic mass is 10.0. The van der Waals surface area contributed by atoms with Crippen LogP contribution in [0, 0.1) is 10.1 Å². The second kappa shape index (κ2) is 8.11. The van der Waals surface area contributed by atoms with Crippen LogP contribution >= 0.6 is 11.6 Å². The molecular formula is C15H14ClNO5. The number of carbonyl (C=O) groups is 1. The van der Waals surface area contributed by atoms with Gasteiger partial charge in [0.15, 0.2) is 11.5 Å². The average Bonchev–Trinajstić information content (AvgIpc) is 2.56. The Bertz CT molecular complexity index is 673. The van der Waals surface area contributed by atoms with Crippen molar-refractivity contribution in [2.75, 3.05) is 14.2 Å². The summed E-state index contributed by atoms with van der Waals surface area (Å²) >= 11 is 6.01. The van der Waals surface area contributed by atoms with Gasteiger partial charge in [-0.25, -0.2) is 0 Å².